The van der Waals surface area contributed by atoms with Gasteiger partial charge in [0, 0.05) is 12.6 Å². The molecular formula is C9H19FN2. The van der Waals surface area contributed by atoms with Gasteiger partial charge in [0.25, 0.3) is 0 Å². The molecule has 2 nitrogen and oxygen atoms in total. The Balaban J connectivity index is 2.21. The molecule has 1 rings (SSSR count). The number of rotatable bonds is 4. The number of halogens is 1. The van der Waals surface area contributed by atoms with E-state index in [-0.39, 0.29) is 6.04 Å². The first-order valence-electron chi connectivity index (χ1n) is 4.81. The summed E-state index contributed by atoms with van der Waals surface area (Å²) in [5, 5.41) is 3.11. The van der Waals surface area contributed by atoms with Gasteiger partial charge in [-0.2, -0.15) is 0 Å². The highest BCUT2D eigenvalue weighted by molar-refractivity contribution is 4.93. The maximum absolute atomic E-state index is 13.7. The minimum absolute atomic E-state index is 0.0819. The molecular weight excluding hydrogens is 155 g/mol. The average molecular weight is 174 g/mol. The molecule has 0 aromatic rings. The summed E-state index contributed by atoms with van der Waals surface area (Å²) in [6.45, 7) is 3.47. The number of alkyl halides is 1. The zero-order valence-corrected chi connectivity index (χ0v) is 7.78. The van der Waals surface area contributed by atoms with Gasteiger partial charge >= 0.3 is 0 Å². The van der Waals surface area contributed by atoms with Crippen LogP contribution in [0.4, 0.5) is 4.39 Å². The summed E-state index contributed by atoms with van der Waals surface area (Å²) >= 11 is 0. The molecule has 2 atom stereocenters. The van der Waals surface area contributed by atoms with Gasteiger partial charge in [-0.05, 0) is 32.2 Å². The van der Waals surface area contributed by atoms with Gasteiger partial charge in [-0.15, -0.1) is 0 Å². The standard InChI is InChI=1S/C9H19FN2/c1-2-5-12-7-9(10)4-3-8(11)6-9/h8,12H,2-7,11H2,1H3. The third kappa shape index (κ3) is 2.72. The van der Waals surface area contributed by atoms with E-state index < -0.39 is 5.67 Å². The molecule has 1 fully saturated rings. The zero-order chi connectivity index (χ0) is 9.03. The van der Waals surface area contributed by atoms with Gasteiger partial charge in [0.15, 0.2) is 0 Å². The van der Waals surface area contributed by atoms with Crippen LogP contribution < -0.4 is 11.1 Å². The van der Waals surface area contributed by atoms with Gasteiger partial charge in [0.1, 0.15) is 5.67 Å². The molecule has 3 N–H and O–H groups in total. The van der Waals surface area contributed by atoms with E-state index in [1.807, 2.05) is 0 Å². The SMILES string of the molecule is CCCNCC1(F)CCC(N)C1. The number of hydrogen-bond donors (Lipinski definition) is 2. The van der Waals surface area contributed by atoms with Crippen molar-refractivity contribution in [1.82, 2.24) is 5.32 Å². The van der Waals surface area contributed by atoms with Crippen molar-refractivity contribution in [3.63, 3.8) is 0 Å². The smallest absolute Gasteiger partial charge is 0.124 e. The molecule has 12 heavy (non-hydrogen) atoms. The lowest BCUT2D eigenvalue weighted by atomic mass is 10.0. The van der Waals surface area contributed by atoms with Crippen molar-refractivity contribution in [2.75, 3.05) is 13.1 Å². The van der Waals surface area contributed by atoms with Crippen LogP contribution in [-0.2, 0) is 0 Å². The highest BCUT2D eigenvalue weighted by Gasteiger charge is 2.37. The van der Waals surface area contributed by atoms with Crippen LogP contribution >= 0.6 is 0 Å². The number of hydrogen-bond acceptors (Lipinski definition) is 2. The van der Waals surface area contributed by atoms with Gasteiger partial charge in [-0.1, -0.05) is 6.92 Å². The normalized spacial score (nSPS) is 35.8. The van der Waals surface area contributed by atoms with E-state index in [1.54, 1.807) is 0 Å². The van der Waals surface area contributed by atoms with Crippen LogP contribution in [0.5, 0.6) is 0 Å². The van der Waals surface area contributed by atoms with E-state index in [2.05, 4.69) is 12.2 Å². The first kappa shape index (κ1) is 9.93. The fourth-order valence-electron chi connectivity index (χ4n) is 1.77. The van der Waals surface area contributed by atoms with Gasteiger partial charge in [-0.3, -0.25) is 0 Å². The third-order valence-electron chi connectivity index (χ3n) is 2.46. The fourth-order valence-corrected chi connectivity index (χ4v) is 1.77. The molecule has 0 aromatic heterocycles. The summed E-state index contributed by atoms with van der Waals surface area (Å²) in [6.07, 6.45) is 3.06. The van der Waals surface area contributed by atoms with Crippen LogP contribution in [0.25, 0.3) is 0 Å². The zero-order valence-electron chi connectivity index (χ0n) is 7.78. The molecule has 0 radical (unpaired) electrons. The summed E-state index contributed by atoms with van der Waals surface area (Å²) in [5.74, 6) is 0. The quantitative estimate of drug-likeness (QED) is 0.629. The van der Waals surface area contributed by atoms with Gasteiger partial charge in [0.2, 0.25) is 0 Å². The molecule has 3 heteroatoms. The molecule has 1 aliphatic rings. The Hall–Kier alpha value is -0.150. The van der Waals surface area contributed by atoms with Crippen LogP contribution in [0, 0.1) is 0 Å². The van der Waals surface area contributed by atoms with Crippen molar-refractivity contribution < 1.29 is 4.39 Å². The van der Waals surface area contributed by atoms with Crippen molar-refractivity contribution in [3.05, 3.63) is 0 Å². The van der Waals surface area contributed by atoms with E-state index in [9.17, 15) is 4.39 Å². The van der Waals surface area contributed by atoms with Crippen LogP contribution in [0.2, 0.25) is 0 Å². The van der Waals surface area contributed by atoms with E-state index >= 15 is 0 Å². The van der Waals surface area contributed by atoms with Gasteiger partial charge in [-0.25, -0.2) is 4.39 Å². The van der Waals surface area contributed by atoms with Crippen molar-refractivity contribution >= 4 is 0 Å². The summed E-state index contributed by atoms with van der Waals surface area (Å²) in [5.41, 5.74) is 4.63. The number of nitrogens with two attached hydrogens (primary N) is 1. The fraction of sp³-hybridized carbons (Fsp3) is 1.00. The molecule has 0 heterocycles. The lowest BCUT2D eigenvalue weighted by molar-refractivity contribution is 0.166. The minimum atomic E-state index is -1.02. The summed E-state index contributed by atoms with van der Waals surface area (Å²) in [6, 6.07) is 0.0819. The summed E-state index contributed by atoms with van der Waals surface area (Å²) in [4.78, 5) is 0. The topological polar surface area (TPSA) is 38.0 Å². The Morgan fingerprint density at radius 1 is 1.67 bits per heavy atom. The predicted octanol–water partition coefficient (Wildman–Crippen LogP) is 1.21. The Bertz CT molecular complexity index is 140. The van der Waals surface area contributed by atoms with E-state index in [1.165, 1.54) is 0 Å². The summed E-state index contributed by atoms with van der Waals surface area (Å²) in [7, 11) is 0. The molecule has 0 bridgehead atoms. The van der Waals surface area contributed by atoms with Gasteiger partial charge in [0.05, 0.1) is 0 Å². The second-order valence-electron chi connectivity index (χ2n) is 3.83. The average Bonchev–Trinajstić information content (AvgIpc) is 2.32. The van der Waals surface area contributed by atoms with Crippen molar-refractivity contribution in [2.24, 2.45) is 5.73 Å². The van der Waals surface area contributed by atoms with E-state index in [0.717, 1.165) is 19.4 Å². The van der Waals surface area contributed by atoms with Crippen molar-refractivity contribution in [2.45, 2.75) is 44.3 Å². The van der Waals surface area contributed by atoms with Crippen LogP contribution in [0.3, 0.4) is 0 Å². The Kier molecular flexibility index (Phi) is 3.47. The molecule has 0 aromatic carbocycles. The first-order chi connectivity index (χ1) is 5.66. The minimum Gasteiger partial charge on any atom is -0.328 e. The largest absolute Gasteiger partial charge is 0.328 e. The van der Waals surface area contributed by atoms with Crippen LogP contribution in [0.15, 0.2) is 0 Å². The molecule has 0 saturated heterocycles. The number of nitrogens with one attached hydrogen (secondary N) is 1. The molecule has 2 unspecified atom stereocenters. The highest BCUT2D eigenvalue weighted by atomic mass is 19.1. The first-order valence-corrected chi connectivity index (χ1v) is 4.81. The van der Waals surface area contributed by atoms with Crippen LogP contribution in [-0.4, -0.2) is 24.8 Å². The molecule has 1 saturated carbocycles. The second kappa shape index (κ2) is 4.19. The molecule has 0 spiro atoms. The Labute approximate surface area is 73.7 Å². The Morgan fingerprint density at radius 3 is 2.92 bits per heavy atom. The third-order valence-corrected chi connectivity index (χ3v) is 2.46. The maximum Gasteiger partial charge on any atom is 0.124 e. The summed E-state index contributed by atoms with van der Waals surface area (Å²) < 4.78 is 13.7. The molecule has 0 aliphatic heterocycles. The highest BCUT2D eigenvalue weighted by Crippen LogP contribution is 2.31. The Morgan fingerprint density at radius 2 is 2.42 bits per heavy atom. The van der Waals surface area contributed by atoms with Crippen LogP contribution in [0.1, 0.15) is 32.6 Å². The van der Waals surface area contributed by atoms with Crippen molar-refractivity contribution in [1.29, 1.82) is 0 Å². The van der Waals surface area contributed by atoms with E-state index in [0.29, 0.717) is 19.4 Å². The molecule has 0 amide bonds. The monoisotopic (exact) mass is 174 g/mol. The predicted molar refractivity (Wildman–Crippen MR) is 48.8 cm³/mol. The molecule has 72 valence electrons. The second-order valence-corrected chi connectivity index (χ2v) is 3.83. The maximum atomic E-state index is 13.7. The van der Waals surface area contributed by atoms with E-state index in [4.69, 9.17) is 5.73 Å². The molecule has 1 aliphatic carbocycles. The van der Waals surface area contributed by atoms with Crippen molar-refractivity contribution in [3.8, 4) is 0 Å². The lowest BCUT2D eigenvalue weighted by Crippen LogP contribution is -2.36. The lowest BCUT2D eigenvalue weighted by Gasteiger charge is -2.19. The van der Waals surface area contributed by atoms with Gasteiger partial charge < -0.3 is 11.1 Å².